The van der Waals surface area contributed by atoms with Gasteiger partial charge >= 0.3 is 0 Å². The molecule has 33 heavy (non-hydrogen) atoms. The summed E-state index contributed by atoms with van der Waals surface area (Å²) in [6.45, 7) is 3.30. The van der Waals surface area contributed by atoms with E-state index in [0.29, 0.717) is 42.4 Å². The molecule has 0 saturated heterocycles. The van der Waals surface area contributed by atoms with Crippen LogP contribution in [0.4, 0.5) is 0 Å². The molecule has 6 nitrogen and oxygen atoms in total. The number of benzene rings is 2. The molecule has 0 spiro atoms. The Hall–Kier alpha value is -2.32. The molecule has 8 heteroatoms. The van der Waals surface area contributed by atoms with Gasteiger partial charge in [0, 0.05) is 7.05 Å². The molecule has 2 N–H and O–H groups in total. The Morgan fingerprint density at radius 3 is 2.52 bits per heavy atom. The maximum Gasteiger partial charge on any atom is 0.186 e. The Balaban J connectivity index is 1.53. The molecule has 0 heterocycles. The highest BCUT2D eigenvalue weighted by molar-refractivity contribution is 9.10. The minimum atomic E-state index is 0.397. The Morgan fingerprint density at radius 2 is 1.82 bits per heavy atom. The first-order valence-electron chi connectivity index (χ1n) is 11.4. The van der Waals surface area contributed by atoms with Crippen LogP contribution in [0.25, 0.3) is 0 Å². The molecular formula is C25H32BrN3O3S. The monoisotopic (exact) mass is 533 g/mol. The van der Waals surface area contributed by atoms with Crippen LogP contribution in [-0.2, 0) is 0 Å². The Morgan fingerprint density at radius 1 is 1.09 bits per heavy atom. The number of hydrogen-bond acceptors (Lipinski definition) is 5. The highest BCUT2D eigenvalue weighted by Gasteiger charge is 2.15. The first-order chi connectivity index (χ1) is 16.1. The minimum Gasteiger partial charge on any atom is -0.490 e. The van der Waals surface area contributed by atoms with Gasteiger partial charge in [-0.25, -0.2) is 0 Å². The zero-order valence-electron chi connectivity index (χ0n) is 19.2. The highest BCUT2D eigenvalue weighted by Crippen LogP contribution is 2.37. The van der Waals surface area contributed by atoms with Gasteiger partial charge in [-0.05, 0) is 89.2 Å². The number of thiocarbonyl (C=S) groups is 1. The van der Waals surface area contributed by atoms with Crippen LogP contribution < -0.4 is 25.0 Å². The predicted octanol–water partition coefficient (Wildman–Crippen LogP) is 5.78. The summed E-state index contributed by atoms with van der Waals surface area (Å²) in [4.78, 5) is 0. The molecule has 1 aliphatic rings. The van der Waals surface area contributed by atoms with Crippen molar-refractivity contribution in [3.63, 3.8) is 0 Å². The summed E-state index contributed by atoms with van der Waals surface area (Å²) in [5.41, 5.74) is 5.00. The third-order valence-corrected chi connectivity index (χ3v) is 6.38. The van der Waals surface area contributed by atoms with Crippen molar-refractivity contribution in [1.82, 2.24) is 10.7 Å². The molecule has 1 aliphatic carbocycles. The lowest BCUT2D eigenvalue weighted by Crippen LogP contribution is -2.28. The summed E-state index contributed by atoms with van der Waals surface area (Å²) >= 11 is 8.59. The molecule has 178 valence electrons. The van der Waals surface area contributed by atoms with Gasteiger partial charge in [-0.1, -0.05) is 31.4 Å². The molecule has 2 aromatic rings. The van der Waals surface area contributed by atoms with Gasteiger partial charge < -0.3 is 19.5 Å². The van der Waals surface area contributed by atoms with Crippen molar-refractivity contribution in [3.05, 3.63) is 52.0 Å². The van der Waals surface area contributed by atoms with E-state index in [1.807, 2.05) is 19.1 Å². The summed E-state index contributed by atoms with van der Waals surface area (Å²) in [6.07, 6.45) is 8.33. The van der Waals surface area contributed by atoms with E-state index in [0.717, 1.165) is 15.8 Å². The van der Waals surface area contributed by atoms with Crippen molar-refractivity contribution < 1.29 is 14.2 Å². The van der Waals surface area contributed by atoms with Crippen molar-refractivity contribution in [1.29, 1.82) is 0 Å². The maximum absolute atomic E-state index is 5.99. The molecule has 0 amide bonds. The molecule has 1 fully saturated rings. The van der Waals surface area contributed by atoms with E-state index >= 15 is 0 Å². The van der Waals surface area contributed by atoms with Gasteiger partial charge in [-0.15, -0.1) is 0 Å². The van der Waals surface area contributed by atoms with E-state index in [1.54, 1.807) is 13.3 Å². The lowest BCUT2D eigenvalue weighted by molar-refractivity contribution is 0.207. The van der Waals surface area contributed by atoms with Crippen LogP contribution in [0.3, 0.4) is 0 Å². The normalized spacial score (nSPS) is 14.2. The van der Waals surface area contributed by atoms with Crippen LogP contribution in [0.1, 0.15) is 56.1 Å². The van der Waals surface area contributed by atoms with Crippen LogP contribution >= 0.6 is 28.1 Å². The van der Waals surface area contributed by atoms with Gasteiger partial charge in [0.25, 0.3) is 0 Å². The van der Waals surface area contributed by atoms with Gasteiger partial charge in [0.15, 0.2) is 16.6 Å². The van der Waals surface area contributed by atoms with Crippen LogP contribution in [0, 0.1) is 0 Å². The Bertz CT molecular complexity index is 931. The van der Waals surface area contributed by atoms with E-state index in [4.69, 9.17) is 26.4 Å². The van der Waals surface area contributed by atoms with Crippen LogP contribution in [0.5, 0.6) is 17.2 Å². The van der Waals surface area contributed by atoms with E-state index in [-0.39, 0.29) is 0 Å². The molecule has 0 radical (unpaired) electrons. The second kappa shape index (κ2) is 13.4. The summed E-state index contributed by atoms with van der Waals surface area (Å²) in [5, 5.41) is 7.36. The van der Waals surface area contributed by atoms with Crippen LogP contribution in [-0.4, -0.2) is 38.2 Å². The second-order valence-electron chi connectivity index (χ2n) is 7.81. The molecule has 1 saturated carbocycles. The number of nitrogens with zero attached hydrogens (tertiary/aromatic N) is 1. The molecule has 3 rings (SSSR count). The molecule has 0 atom stereocenters. The zero-order valence-corrected chi connectivity index (χ0v) is 21.6. The summed E-state index contributed by atoms with van der Waals surface area (Å²) in [6, 6.07) is 12.3. The average molecular weight is 535 g/mol. The fourth-order valence-electron chi connectivity index (χ4n) is 3.86. The van der Waals surface area contributed by atoms with E-state index in [2.05, 4.69) is 56.0 Å². The van der Waals surface area contributed by atoms with Gasteiger partial charge in [-0.2, -0.15) is 5.10 Å². The summed E-state index contributed by atoms with van der Waals surface area (Å²) < 4.78 is 18.4. The lowest BCUT2D eigenvalue weighted by Gasteiger charge is -2.22. The average Bonchev–Trinajstić information content (AvgIpc) is 2.84. The van der Waals surface area contributed by atoms with Crippen molar-refractivity contribution in [2.24, 2.45) is 5.10 Å². The van der Waals surface area contributed by atoms with E-state index in [9.17, 15) is 0 Å². The maximum atomic E-state index is 5.99. The smallest absolute Gasteiger partial charge is 0.186 e. The molecule has 0 unspecified atom stereocenters. The molecule has 0 aromatic heterocycles. The van der Waals surface area contributed by atoms with Gasteiger partial charge in [0.2, 0.25) is 0 Å². The first-order valence-corrected chi connectivity index (χ1v) is 12.6. The van der Waals surface area contributed by atoms with Crippen LogP contribution in [0.2, 0.25) is 0 Å². The number of hydrogen-bond donors (Lipinski definition) is 2. The zero-order chi connectivity index (χ0) is 23.5. The van der Waals surface area contributed by atoms with E-state index in [1.165, 1.54) is 37.7 Å². The number of rotatable bonds is 10. The van der Waals surface area contributed by atoms with E-state index < -0.39 is 0 Å². The number of halogens is 1. The van der Waals surface area contributed by atoms with Crippen molar-refractivity contribution in [3.8, 4) is 17.2 Å². The second-order valence-corrected chi connectivity index (χ2v) is 9.08. The van der Waals surface area contributed by atoms with Crippen molar-refractivity contribution in [2.45, 2.75) is 44.9 Å². The van der Waals surface area contributed by atoms with Gasteiger partial charge in [0.1, 0.15) is 19.0 Å². The molecule has 2 aromatic carbocycles. The highest BCUT2D eigenvalue weighted by atomic mass is 79.9. The Labute approximate surface area is 210 Å². The molecule has 0 aliphatic heterocycles. The summed E-state index contributed by atoms with van der Waals surface area (Å²) in [5.74, 6) is 2.85. The number of hydrazone groups is 1. The third kappa shape index (κ3) is 7.89. The molecular weight excluding hydrogens is 502 g/mol. The van der Waals surface area contributed by atoms with Gasteiger partial charge in [-0.3, -0.25) is 5.43 Å². The topological polar surface area (TPSA) is 64.1 Å². The largest absolute Gasteiger partial charge is 0.490 e. The third-order valence-electron chi connectivity index (χ3n) is 5.49. The molecule has 0 bridgehead atoms. The summed E-state index contributed by atoms with van der Waals surface area (Å²) in [7, 11) is 1.73. The fraction of sp³-hybridized carbons (Fsp3) is 0.440. The minimum absolute atomic E-state index is 0.397. The quantitative estimate of drug-likeness (QED) is 0.174. The van der Waals surface area contributed by atoms with Gasteiger partial charge in [0.05, 0.1) is 17.3 Å². The van der Waals surface area contributed by atoms with Crippen LogP contribution in [0.15, 0.2) is 46.0 Å². The fourth-order valence-corrected chi connectivity index (χ4v) is 4.49. The predicted molar refractivity (Wildman–Crippen MR) is 141 cm³/mol. The Kier molecular flexibility index (Phi) is 10.3. The number of nitrogens with one attached hydrogen (secondary N) is 2. The van der Waals surface area contributed by atoms with Crippen molar-refractivity contribution >= 4 is 39.5 Å². The first kappa shape index (κ1) is 25.3. The SMILES string of the molecule is CCOc1cc(/C=N\NC(=S)NC)cc(Br)c1OCCOc1ccc(C2CCCCC2)cc1. The lowest BCUT2D eigenvalue weighted by atomic mass is 9.84. The van der Waals surface area contributed by atoms with Crippen molar-refractivity contribution in [2.75, 3.05) is 26.9 Å². The standard InChI is InChI=1S/C25H32BrN3O3S/c1-3-30-23-16-18(17-28-29-25(33)27-2)15-22(26)24(23)32-14-13-31-21-11-9-20(10-12-21)19-7-5-4-6-8-19/h9-12,15-17,19H,3-8,13-14H2,1-2H3,(H2,27,29,33)/b28-17-. The number of ether oxygens (including phenoxy) is 3.